The summed E-state index contributed by atoms with van der Waals surface area (Å²) in [5.74, 6) is 0.818. The molecular weight excluding hydrogens is 380 g/mol. The summed E-state index contributed by atoms with van der Waals surface area (Å²) in [6.07, 6.45) is 0.665. The fourth-order valence-electron chi connectivity index (χ4n) is 3.21. The Hall–Kier alpha value is -2.58. The number of hydrogen-bond acceptors (Lipinski definition) is 5. The van der Waals surface area contributed by atoms with E-state index in [2.05, 4.69) is 5.32 Å². The van der Waals surface area contributed by atoms with Crippen LogP contribution in [0.25, 0.3) is 0 Å². The highest BCUT2D eigenvalue weighted by atomic mass is 32.2. The first kappa shape index (κ1) is 20.2. The highest BCUT2D eigenvalue weighted by Gasteiger charge is 2.25. The van der Waals surface area contributed by atoms with Crippen molar-refractivity contribution >= 4 is 21.6 Å². The predicted molar refractivity (Wildman–Crippen MR) is 108 cm³/mol. The van der Waals surface area contributed by atoms with E-state index in [1.165, 1.54) is 18.5 Å². The number of methoxy groups -OCH3 is 2. The number of carbonyl (C=O) groups is 1. The van der Waals surface area contributed by atoms with Gasteiger partial charge in [-0.2, -0.15) is 4.31 Å². The Labute approximate surface area is 165 Å². The number of nitrogens with zero attached hydrogens (tertiary/aromatic N) is 1. The summed E-state index contributed by atoms with van der Waals surface area (Å²) in [7, 11) is -0.189. The molecule has 150 valence electrons. The van der Waals surface area contributed by atoms with E-state index in [-0.39, 0.29) is 11.7 Å². The van der Waals surface area contributed by atoms with Gasteiger partial charge in [-0.3, -0.25) is 4.79 Å². The molecule has 0 aromatic heterocycles. The fourth-order valence-corrected chi connectivity index (χ4v) is 4.28. The highest BCUT2D eigenvalue weighted by Crippen LogP contribution is 2.28. The van der Waals surface area contributed by atoms with Crippen molar-refractivity contribution in [3.8, 4) is 11.5 Å². The topological polar surface area (TPSA) is 84.9 Å². The Bertz CT molecular complexity index is 988. The number of amides is 1. The lowest BCUT2D eigenvalue weighted by Crippen LogP contribution is -2.36. The second kappa shape index (κ2) is 8.20. The van der Waals surface area contributed by atoms with Gasteiger partial charge in [-0.25, -0.2) is 8.42 Å². The monoisotopic (exact) mass is 404 g/mol. The van der Waals surface area contributed by atoms with Crippen LogP contribution in [0.5, 0.6) is 11.5 Å². The first-order valence-corrected chi connectivity index (χ1v) is 10.6. The lowest BCUT2D eigenvalue weighted by atomic mass is 10.0. The predicted octanol–water partition coefficient (Wildman–Crippen LogP) is 2.66. The summed E-state index contributed by atoms with van der Waals surface area (Å²) >= 11 is 0. The van der Waals surface area contributed by atoms with Crippen LogP contribution in [-0.4, -0.2) is 45.1 Å². The molecule has 0 unspecified atom stereocenters. The van der Waals surface area contributed by atoms with Gasteiger partial charge in [0.15, 0.2) is 11.5 Å². The summed E-state index contributed by atoms with van der Waals surface area (Å²) in [5, 5.41) is 2.86. The van der Waals surface area contributed by atoms with E-state index in [0.29, 0.717) is 42.3 Å². The molecule has 0 atom stereocenters. The minimum Gasteiger partial charge on any atom is -0.493 e. The van der Waals surface area contributed by atoms with Gasteiger partial charge in [-0.05, 0) is 54.8 Å². The third-order valence-corrected chi connectivity index (χ3v) is 6.67. The minimum absolute atomic E-state index is 0.0814. The maximum atomic E-state index is 12.6. The molecule has 1 amide bonds. The minimum atomic E-state index is -3.24. The molecule has 3 rings (SSSR count). The largest absolute Gasteiger partial charge is 0.493 e. The first-order chi connectivity index (χ1) is 13.4. The third kappa shape index (κ3) is 4.13. The van der Waals surface area contributed by atoms with E-state index in [4.69, 9.17) is 9.47 Å². The van der Waals surface area contributed by atoms with E-state index in [0.717, 1.165) is 11.1 Å². The summed E-state index contributed by atoms with van der Waals surface area (Å²) in [5.41, 5.74) is 3.07. The van der Waals surface area contributed by atoms with Crippen molar-refractivity contribution in [1.82, 2.24) is 4.31 Å². The molecule has 8 heteroatoms. The molecule has 0 saturated carbocycles. The number of nitrogens with one attached hydrogen (secondary N) is 1. The van der Waals surface area contributed by atoms with Crippen LogP contribution < -0.4 is 14.8 Å². The third-order valence-electron chi connectivity index (χ3n) is 4.85. The second-order valence-corrected chi connectivity index (χ2v) is 8.75. The molecule has 0 bridgehead atoms. The zero-order valence-corrected chi connectivity index (χ0v) is 17.0. The van der Waals surface area contributed by atoms with Gasteiger partial charge in [0.1, 0.15) is 0 Å². The van der Waals surface area contributed by atoms with Crippen LogP contribution in [0.1, 0.15) is 28.4 Å². The lowest BCUT2D eigenvalue weighted by Gasteiger charge is -2.28. The van der Waals surface area contributed by atoms with Gasteiger partial charge in [0, 0.05) is 24.3 Å². The van der Waals surface area contributed by atoms with Crippen molar-refractivity contribution in [3.05, 3.63) is 53.1 Å². The fraction of sp³-hybridized carbons (Fsp3) is 0.350. The average molecular weight is 404 g/mol. The lowest BCUT2D eigenvalue weighted by molar-refractivity contribution is 0.102. The summed E-state index contributed by atoms with van der Waals surface area (Å²) in [6, 6.07) is 10.6. The number of benzene rings is 2. The van der Waals surface area contributed by atoms with Crippen molar-refractivity contribution in [2.75, 3.05) is 31.8 Å². The van der Waals surface area contributed by atoms with Gasteiger partial charge < -0.3 is 14.8 Å². The molecule has 1 aliphatic rings. The number of fused-ring (bicyclic) bond motifs is 1. The van der Waals surface area contributed by atoms with Crippen molar-refractivity contribution in [1.29, 1.82) is 0 Å². The molecule has 2 aromatic rings. The molecule has 0 saturated heterocycles. The first-order valence-electron chi connectivity index (χ1n) is 9.01. The van der Waals surface area contributed by atoms with E-state index >= 15 is 0 Å². The summed E-state index contributed by atoms with van der Waals surface area (Å²) in [4.78, 5) is 12.6. The van der Waals surface area contributed by atoms with Gasteiger partial charge in [0.05, 0.1) is 20.0 Å². The van der Waals surface area contributed by atoms with E-state index in [1.54, 1.807) is 25.1 Å². The molecule has 1 heterocycles. The Morgan fingerprint density at radius 1 is 1.07 bits per heavy atom. The van der Waals surface area contributed by atoms with Crippen molar-refractivity contribution in [3.63, 3.8) is 0 Å². The van der Waals surface area contributed by atoms with E-state index in [9.17, 15) is 13.2 Å². The summed E-state index contributed by atoms with van der Waals surface area (Å²) in [6.45, 7) is 2.46. The van der Waals surface area contributed by atoms with Crippen LogP contribution in [-0.2, 0) is 23.0 Å². The van der Waals surface area contributed by atoms with Crippen molar-refractivity contribution < 1.29 is 22.7 Å². The molecule has 0 radical (unpaired) electrons. The molecule has 0 fully saturated rings. The number of hydrogen-bond donors (Lipinski definition) is 1. The number of rotatable bonds is 6. The molecule has 1 N–H and O–H groups in total. The number of sulfonamides is 1. The SMILES string of the molecule is CCS(=O)(=O)N1CCc2ccc(NC(=O)c3ccc(OC)c(OC)c3)cc2C1. The molecule has 28 heavy (non-hydrogen) atoms. The maximum absolute atomic E-state index is 12.6. The molecule has 0 spiro atoms. The Kier molecular flexibility index (Phi) is 5.90. The van der Waals surface area contributed by atoms with Gasteiger partial charge >= 0.3 is 0 Å². The van der Waals surface area contributed by atoms with Gasteiger partial charge in [-0.15, -0.1) is 0 Å². The Balaban J connectivity index is 1.79. The summed E-state index contributed by atoms with van der Waals surface area (Å²) < 4.78 is 36.2. The zero-order valence-electron chi connectivity index (χ0n) is 16.2. The molecular formula is C20H24N2O5S. The Morgan fingerprint density at radius 3 is 2.50 bits per heavy atom. The quantitative estimate of drug-likeness (QED) is 0.800. The standard InChI is InChI=1S/C20H24N2O5S/c1-4-28(24,25)22-10-9-14-5-7-17(11-16(14)13-22)21-20(23)15-6-8-18(26-2)19(12-15)27-3/h5-8,11-12H,4,9-10,13H2,1-3H3,(H,21,23). The molecule has 7 nitrogen and oxygen atoms in total. The molecule has 2 aromatic carbocycles. The highest BCUT2D eigenvalue weighted by molar-refractivity contribution is 7.89. The van der Waals surface area contributed by atoms with Crippen LogP contribution in [0.4, 0.5) is 5.69 Å². The van der Waals surface area contributed by atoms with Gasteiger partial charge in [-0.1, -0.05) is 6.07 Å². The van der Waals surface area contributed by atoms with Crippen LogP contribution in [0.2, 0.25) is 0 Å². The number of carbonyl (C=O) groups excluding carboxylic acids is 1. The van der Waals surface area contributed by atoms with Crippen molar-refractivity contribution in [2.24, 2.45) is 0 Å². The molecule has 1 aliphatic heterocycles. The van der Waals surface area contributed by atoms with Crippen LogP contribution >= 0.6 is 0 Å². The van der Waals surface area contributed by atoms with Crippen molar-refractivity contribution in [2.45, 2.75) is 19.9 Å². The molecule has 0 aliphatic carbocycles. The van der Waals surface area contributed by atoms with Gasteiger partial charge in [0.2, 0.25) is 10.0 Å². The zero-order chi connectivity index (χ0) is 20.3. The van der Waals surface area contributed by atoms with Crippen LogP contribution in [0, 0.1) is 0 Å². The van der Waals surface area contributed by atoms with E-state index in [1.807, 2.05) is 18.2 Å². The van der Waals surface area contributed by atoms with Crippen LogP contribution in [0.3, 0.4) is 0 Å². The number of ether oxygens (including phenoxy) is 2. The maximum Gasteiger partial charge on any atom is 0.255 e. The van der Waals surface area contributed by atoms with Gasteiger partial charge in [0.25, 0.3) is 5.91 Å². The smallest absolute Gasteiger partial charge is 0.255 e. The average Bonchev–Trinajstić information content (AvgIpc) is 2.72. The number of anilines is 1. The van der Waals surface area contributed by atoms with Crippen LogP contribution in [0.15, 0.2) is 36.4 Å². The normalized spacial score (nSPS) is 14.2. The Morgan fingerprint density at radius 2 is 1.82 bits per heavy atom. The van der Waals surface area contributed by atoms with E-state index < -0.39 is 10.0 Å². The second-order valence-electron chi connectivity index (χ2n) is 6.49.